The van der Waals surface area contributed by atoms with Gasteiger partial charge in [-0.1, -0.05) is 24.3 Å². The van der Waals surface area contributed by atoms with E-state index in [9.17, 15) is 14.4 Å². The largest absolute Gasteiger partial charge is 0.379 e. The van der Waals surface area contributed by atoms with E-state index in [1.807, 2.05) is 13.8 Å². The van der Waals surface area contributed by atoms with Crippen molar-refractivity contribution in [2.75, 3.05) is 13.2 Å². The van der Waals surface area contributed by atoms with Crippen LogP contribution < -0.4 is 5.32 Å². The molecule has 0 aromatic heterocycles. The van der Waals surface area contributed by atoms with E-state index in [2.05, 4.69) is 5.32 Å². The number of carbonyl (C=O) groups is 3. The third-order valence-corrected chi connectivity index (χ3v) is 4.47. The van der Waals surface area contributed by atoms with Crippen molar-refractivity contribution in [1.29, 1.82) is 0 Å². The number of amides is 3. The van der Waals surface area contributed by atoms with E-state index in [1.54, 1.807) is 48.5 Å². The average molecular weight is 380 g/mol. The second kappa shape index (κ2) is 8.80. The van der Waals surface area contributed by atoms with Gasteiger partial charge in [-0.05, 0) is 50.1 Å². The molecule has 28 heavy (non-hydrogen) atoms. The Kier molecular flexibility index (Phi) is 6.21. The van der Waals surface area contributed by atoms with Gasteiger partial charge in [-0.15, -0.1) is 0 Å². The van der Waals surface area contributed by atoms with Crippen molar-refractivity contribution >= 4 is 17.7 Å². The van der Waals surface area contributed by atoms with Crippen molar-refractivity contribution in [3.63, 3.8) is 0 Å². The molecule has 1 aliphatic rings. The minimum Gasteiger partial charge on any atom is -0.379 e. The molecule has 0 spiro atoms. The van der Waals surface area contributed by atoms with Crippen LogP contribution in [0.15, 0.2) is 48.5 Å². The smallest absolute Gasteiger partial charge is 0.261 e. The first-order valence-electron chi connectivity index (χ1n) is 9.41. The summed E-state index contributed by atoms with van der Waals surface area (Å²) in [6, 6.07) is 13.8. The number of hydrogen-bond donors (Lipinski definition) is 1. The Bertz CT molecular complexity index is 857. The number of carbonyl (C=O) groups excluding carboxylic acids is 3. The molecular formula is C22H24N2O4. The first-order valence-corrected chi connectivity index (χ1v) is 9.41. The van der Waals surface area contributed by atoms with Crippen molar-refractivity contribution in [3.8, 4) is 0 Å². The number of imide groups is 1. The molecule has 2 aromatic rings. The van der Waals surface area contributed by atoms with E-state index < -0.39 is 0 Å². The molecule has 1 aliphatic heterocycles. The van der Waals surface area contributed by atoms with E-state index in [1.165, 1.54) is 4.90 Å². The quantitative estimate of drug-likeness (QED) is 0.564. The predicted molar refractivity (Wildman–Crippen MR) is 105 cm³/mol. The third kappa shape index (κ3) is 4.46. The van der Waals surface area contributed by atoms with E-state index in [0.717, 1.165) is 12.0 Å². The molecule has 2 aromatic carbocycles. The summed E-state index contributed by atoms with van der Waals surface area (Å²) in [5.41, 5.74) is 2.07. The maximum Gasteiger partial charge on any atom is 0.261 e. The summed E-state index contributed by atoms with van der Waals surface area (Å²) in [6.07, 6.45) is 0.910. The molecule has 3 amide bonds. The van der Waals surface area contributed by atoms with Crippen LogP contribution in [0.2, 0.25) is 0 Å². The van der Waals surface area contributed by atoms with Crippen molar-refractivity contribution in [3.05, 3.63) is 70.8 Å². The van der Waals surface area contributed by atoms with Gasteiger partial charge >= 0.3 is 0 Å². The summed E-state index contributed by atoms with van der Waals surface area (Å²) in [5.74, 6) is -0.796. The fraction of sp³-hybridized carbons (Fsp3) is 0.318. The van der Waals surface area contributed by atoms with E-state index >= 15 is 0 Å². The lowest BCUT2D eigenvalue weighted by Crippen LogP contribution is -2.29. The molecule has 0 atom stereocenters. The molecule has 0 radical (unpaired) electrons. The van der Waals surface area contributed by atoms with Crippen LogP contribution in [0.1, 0.15) is 56.9 Å². The molecular weight excluding hydrogens is 356 g/mol. The minimum atomic E-state index is -0.305. The standard InChI is InChI=1S/C22H24N2O4/c1-15(2)28-12-6-11-23-20(25)17-8-5-7-16(13-17)14-24-21(26)18-9-3-4-10-19(18)22(24)27/h3-5,7-10,13,15H,6,11-12,14H2,1-2H3,(H,23,25). The minimum absolute atomic E-state index is 0.135. The molecule has 1 N–H and O–H groups in total. The van der Waals surface area contributed by atoms with Gasteiger partial charge in [-0.3, -0.25) is 19.3 Å². The highest BCUT2D eigenvalue weighted by Gasteiger charge is 2.34. The summed E-state index contributed by atoms with van der Waals surface area (Å²) in [4.78, 5) is 38.5. The Hall–Kier alpha value is -2.99. The van der Waals surface area contributed by atoms with Gasteiger partial charge in [0.2, 0.25) is 0 Å². The number of benzene rings is 2. The lowest BCUT2D eigenvalue weighted by Gasteiger charge is -2.14. The highest BCUT2D eigenvalue weighted by molar-refractivity contribution is 6.21. The van der Waals surface area contributed by atoms with Crippen molar-refractivity contribution in [1.82, 2.24) is 10.2 Å². The van der Waals surface area contributed by atoms with Crippen molar-refractivity contribution < 1.29 is 19.1 Å². The van der Waals surface area contributed by atoms with Crippen LogP contribution in [0.4, 0.5) is 0 Å². The van der Waals surface area contributed by atoms with E-state index in [4.69, 9.17) is 4.74 Å². The van der Waals surface area contributed by atoms with Crippen molar-refractivity contribution in [2.45, 2.75) is 32.9 Å². The van der Waals surface area contributed by atoms with Gasteiger partial charge in [0.15, 0.2) is 0 Å². The Balaban J connectivity index is 1.60. The molecule has 3 rings (SSSR count). The molecule has 0 unspecified atom stereocenters. The molecule has 146 valence electrons. The molecule has 6 heteroatoms. The van der Waals surface area contributed by atoms with Gasteiger partial charge in [-0.25, -0.2) is 0 Å². The van der Waals surface area contributed by atoms with Gasteiger partial charge in [-0.2, -0.15) is 0 Å². The fourth-order valence-corrected chi connectivity index (χ4v) is 3.07. The molecule has 1 heterocycles. The fourth-order valence-electron chi connectivity index (χ4n) is 3.07. The van der Waals surface area contributed by atoms with Crippen LogP contribution >= 0.6 is 0 Å². The lowest BCUT2D eigenvalue weighted by molar-refractivity contribution is 0.0642. The number of hydrogen-bond acceptors (Lipinski definition) is 4. The van der Waals surface area contributed by atoms with Gasteiger partial charge < -0.3 is 10.1 Å². The first kappa shape index (κ1) is 19.8. The second-order valence-electron chi connectivity index (χ2n) is 6.97. The van der Waals surface area contributed by atoms with E-state index in [-0.39, 0.29) is 30.4 Å². The average Bonchev–Trinajstić information content (AvgIpc) is 2.93. The van der Waals surface area contributed by atoms with Crippen LogP contribution in [0.25, 0.3) is 0 Å². The van der Waals surface area contributed by atoms with Crippen LogP contribution in [0.3, 0.4) is 0 Å². The van der Waals surface area contributed by atoms with Gasteiger partial charge in [0.25, 0.3) is 17.7 Å². The number of nitrogens with zero attached hydrogens (tertiary/aromatic N) is 1. The third-order valence-electron chi connectivity index (χ3n) is 4.47. The highest BCUT2D eigenvalue weighted by atomic mass is 16.5. The van der Waals surface area contributed by atoms with Crippen molar-refractivity contribution in [2.24, 2.45) is 0 Å². The molecule has 0 fully saturated rings. The Morgan fingerprint density at radius 2 is 1.71 bits per heavy atom. The molecule has 0 saturated heterocycles. The lowest BCUT2D eigenvalue weighted by atomic mass is 10.1. The van der Waals surface area contributed by atoms with Crippen LogP contribution in [0, 0.1) is 0 Å². The van der Waals surface area contributed by atoms with Gasteiger partial charge in [0, 0.05) is 18.7 Å². The first-order chi connectivity index (χ1) is 13.5. The monoisotopic (exact) mass is 380 g/mol. The Morgan fingerprint density at radius 3 is 2.36 bits per heavy atom. The number of fused-ring (bicyclic) bond motifs is 1. The summed E-state index contributed by atoms with van der Waals surface area (Å²) < 4.78 is 5.45. The zero-order chi connectivity index (χ0) is 20.1. The topological polar surface area (TPSA) is 75.7 Å². The van der Waals surface area contributed by atoms with Crippen LogP contribution in [-0.2, 0) is 11.3 Å². The SMILES string of the molecule is CC(C)OCCCNC(=O)c1cccc(CN2C(=O)c3ccccc3C2=O)c1. The molecule has 0 saturated carbocycles. The maximum atomic E-state index is 12.5. The maximum absolute atomic E-state index is 12.5. The van der Waals surface area contributed by atoms with Crippen LogP contribution in [0.5, 0.6) is 0 Å². The number of rotatable bonds is 8. The molecule has 0 aliphatic carbocycles. The summed E-state index contributed by atoms with van der Waals surface area (Å²) in [7, 11) is 0. The normalized spacial score (nSPS) is 13.2. The van der Waals surface area contributed by atoms with Gasteiger partial charge in [0.05, 0.1) is 23.8 Å². The Labute approximate surface area is 164 Å². The van der Waals surface area contributed by atoms with Gasteiger partial charge in [0.1, 0.15) is 0 Å². The highest BCUT2D eigenvalue weighted by Crippen LogP contribution is 2.24. The zero-order valence-corrected chi connectivity index (χ0v) is 16.1. The summed E-state index contributed by atoms with van der Waals surface area (Å²) in [6.45, 7) is 5.19. The Morgan fingerprint density at radius 1 is 1.04 bits per heavy atom. The predicted octanol–water partition coefficient (Wildman–Crippen LogP) is 3.03. The molecule has 6 nitrogen and oxygen atoms in total. The number of ether oxygens (including phenoxy) is 1. The second-order valence-corrected chi connectivity index (χ2v) is 6.97. The zero-order valence-electron chi connectivity index (χ0n) is 16.1. The molecule has 0 bridgehead atoms. The summed E-state index contributed by atoms with van der Waals surface area (Å²) in [5, 5.41) is 2.86. The van der Waals surface area contributed by atoms with E-state index in [0.29, 0.717) is 29.8 Å². The summed E-state index contributed by atoms with van der Waals surface area (Å²) >= 11 is 0. The van der Waals surface area contributed by atoms with Crippen LogP contribution in [-0.4, -0.2) is 41.9 Å². The number of nitrogens with one attached hydrogen (secondary N) is 1.